The van der Waals surface area contributed by atoms with Crippen molar-refractivity contribution in [2.45, 2.75) is 6.61 Å². The number of imide groups is 2. The first-order valence-electron chi connectivity index (χ1n) is 11.0. The van der Waals surface area contributed by atoms with Gasteiger partial charge in [-0.25, -0.2) is 9.69 Å². The zero-order valence-corrected chi connectivity index (χ0v) is 21.5. The molecule has 1 N–H and O–H groups in total. The van der Waals surface area contributed by atoms with Crippen LogP contribution in [-0.2, 0) is 16.2 Å². The van der Waals surface area contributed by atoms with Gasteiger partial charge in [-0.1, -0.05) is 18.2 Å². The van der Waals surface area contributed by atoms with E-state index in [0.29, 0.717) is 20.5 Å². The number of nitro benzene ring substituents is 2. The third-order valence-electron chi connectivity index (χ3n) is 5.47. The highest BCUT2D eigenvalue weighted by Crippen LogP contribution is 2.38. The number of benzene rings is 3. The second-order valence-electron chi connectivity index (χ2n) is 7.98. The quantitative estimate of drug-likeness (QED) is 0.170. The number of methoxy groups -OCH3 is 1. The predicted molar refractivity (Wildman–Crippen MR) is 140 cm³/mol. The number of ether oxygens (including phenoxy) is 2. The van der Waals surface area contributed by atoms with Gasteiger partial charge in [-0.05, 0) is 51.3 Å². The van der Waals surface area contributed by atoms with Gasteiger partial charge in [-0.3, -0.25) is 35.1 Å². The number of barbiturate groups is 1. The van der Waals surface area contributed by atoms with Crippen molar-refractivity contribution in [2.24, 2.45) is 0 Å². The van der Waals surface area contributed by atoms with E-state index in [1.54, 1.807) is 6.07 Å². The molecule has 39 heavy (non-hydrogen) atoms. The Morgan fingerprint density at radius 2 is 1.64 bits per heavy atom. The molecule has 198 valence electrons. The van der Waals surface area contributed by atoms with Crippen LogP contribution in [0, 0.1) is 20.2 Å². The minimum Gasteiger partial charge on any atom is -0.493 e. The van der Waals surface area contributed by atoms with E-state index in [4.69, 9.17) is 9.47 Å². The van der Waals surface area contributed by atoms with E-state index in [9.17, 15) is 34.6 Å². The molecule has 0 aliphatic carbocycles. The van der Waals surface area contributed by atoms with Gasteiger partial charge in [0.1, 0.15) is 12.2 Å². The maximum absolute atomic E-state index is 13.2. The Hall–Kier alpha value is -5.11. The lowest BCUT2D eigenvalue weighted by atomic mass is 10.1. The second kappa shape index (κ2) is 11.1. The maximum atomic E-state index is 13.2. The molecular weight excluding hydrogens is 580 g/mol. The van der Waals surface area contributed by atoms with Crippen molar-refractivity contribution >= 4 is 56.9 Å². The van der Waals surface area contributed by atoms with Gasteiger partial charge < -0.3 is 9.47 Å². The minimum absolute atomic E-state index is 0.0156. The molecule has 1 saturated heterocycles. The molecule has 0 aromatic heterocycles. The Labute approximate surface area is 228 Å². The molecular formula is C25H17BrN4O9. The van der Waals surface area contributed by atoms with Crippen LogP contribution in [0.15, 0.2) is 70.7 Å². The Kier molecular flexibility index (Phi) is 7.67. The Balaban J connectivity index is 1.64. The summed E-state index contributed by atoms with van der Waals surface area (Å²) in [7, 11) is 1.38. The van der Waals surface area contributed by atoms with Crippen molar-refractivity contribution in [3.05, 3.63) is 102 Å². The number of urea groups is 1. The third-order valence-corrected chi connectivity index (χ3v) is 6.06. The zero-order chi connectivity index (χ0) is 28.3. The van der Waals surface area contributed by atoms with Crippen molar-refractivity contribution < 1.29 is 33.7 Å². The number of carbonyl (C=O) groups is 3. The highest BCUT2D eigenvalue weighted by Gasteiger charge is 2.37. The lowest BCUT2D eigenvalue weighted by Gasteiger charge is -2.26. The van der Waals surface area contributed by atoms with Crippen LogP contribution in [0.5, 0.6) is 11.5 Å². The van der Waals surface area contributed by atoms with Crippen LogP contribution in [0.4, 0.5) is 21.9 Å². The molecule has 4 rings (SSSR count). The number of nitro groups is 2. The van der Waals surface area contributed by atoms with Gasteiger partial charge in [0.2, 0.25) is 0 Å². The zero-order valence-electron chi connectivity index (χ0n) is 20.0. The van der Waals surface area contributed by atoms with Crippen LogP contribution < -0.4 is 19.7 Å². The summed E-state index contributed by atoms with van der Waals surface area (Å²) in [4.78, 5) is 59.7. The van der Waals surface area contributed by atoms with Gasteiger partial charge in [-0.15, -0.1) is 0 Å². The standard InChI is InChI=1S/C25H17BrN4O9/c1-38-21-11-15(10-20(26)22(21)39-13-14-4-2-6-17(8-14)29(34)35)9-19-23(31)27-25(33)28(24(19)32)16-5-3-7-18(12-16)30(36)37/h2-12H,13H2,1H3,(H,27,31,33)/b19-9+. The molecule has 13 nitrogen and oxygen atoms in total. The topological polar surface area (TPSA) is 171 Å². The van der Waals surface area contributed by atoms with Crippen LogP contribution in [0.25, 0.3) is 6.08 Å². The van der Waals surface area contributed by atoms with E-state index in [1.165, 1.54) is 61.7 Å². The van der Waals surface area contributed by atoms with E-state index in [-0.39, 0.29) is 35.2 Å². The summed E-state index contributed by atoms with van der Waals surface area (Å²) in [5, 5.41) is 24.2. The van der Waals surface area contributed by atoms with E-state index >= 15 is 0 Å². The van der Waals surface area contributed by atoms with Crippen LogP contribution >= 0.6 is 15.9 Å². The molecule has 3 aromatic rings. The van der Waals surface area contributed by atoms with Crippen LogP contribution in [0.3, 0.4) is 0 Å². The monoisotopic (exact) mass is 596 g/mol. The van der Waals surface area contributed by atoms with Crippen molar-refractivity contribution in [1.29, 1.82) is 0 Å². The molecule has 0 radical (unpaired) electrons. The van der Waals surface area contributed by atoms with Gasteiger partial charge >= 0.3 is 6.03 Å². The summed E-state index contributed by atoms with van der Waals surface area (Å²) in [5.41, 5.74) is -0.0517. The molecule has 1 fully saturated rings. The molecule has 1 heterocycles. The van der Waals surface area contributed by atoms with E-state index in [2.05, 4.69) is 21.2 Å². The minimum atomic E-state index is -1.05. The molecule has 0 unspecified atom stereocenters. The number of anilines is 1. The van der Waals surface area contributed by atoms with Gasteiger partial charge in [0.05, 0.1) is 27.1 Å². The predicted octanol–water partition coefficient (Wildman–Crippen LogP) is 4.52. The smallest absolute Gasteiger partial charge is 0.335 e. The number of hydrogen-bond acceptors (Lipinski definition) is 9. The summed E-state index contributed by atoms with van der Waals surface area (Å²) in [6, 6.07) is 12.8. The Morgan fingerprint density at radius 1 is 0.974 bits per heavy atom. The van der Waals surface area contributed by atoms with Crippen molar-refractivity contribution in [3.63, 3.8) is 0 Å². The number of hydrogen-bond donors (Lipinski definition) is 1. The largest absolute Gasteiger partial charge is 0.493 e. The van der Waals surface area contributed by atoms with Crippen molar-refractivity contribution in [1.82, 2.24) is 5.32 Å². The molecule has 3 aromatic carbocycles. The molecule has 4 amide bonds. The third kappa shape index (κ3) is 5.75. The van der Waals surface area contributed by atoms with Gasteiger partial charge in [0.25, 0.3) is 23.2 Å². The first-order valence-corrected chi connectivity index (χ1v) is 11.8. The van der Waals surface area contributed by atoms with Crippen LogP contribution in [0.1, 0.15) is 11.1 Å². The summed E-state index contributed by atoms with van der Waals surface area (Å²) in [6.45, 7) is -0.0156. The van der Waals surface area contributed by atoms with E-state index in [0.717, 1.165) is 6.07 Å². The summed E-state index contributed by atoms with van der Waals surface area (Å²) < 4.78 is 11.6. The second-order valence-corrected chi connectivity index (χ2v) is 8.84. The number of nitrogens with zero attached hydrogens (tertiary/aromatic N) is 3. The molecule has 1 aliphatic heterocycles. The molecule has 1 aliphatic rings. The van der Waals surface area contributed by atoms with E-state index < -0.39 is 33.3 Å². The van der Waals surface area contributed by atoms with Crippen molar-refractivity contribution in [2.75, 3.05) is 12.0 Å². The number of halogens is 1. The fourth-order valence-corrected chi connectivity index (χ4v) is 4.26. The highest BCUT2D eigenvalue weighted by atomic mass is 79.9. The molecule has 14 heteroatoms. The fraction of sp³-hybridized carbons (Fsp3) is 0.0800. The van der Waals surface area contributed by atoms with Gasteiger partial charge in [0, 0.05) is 24.3 Å². The fourth-order valence-electron chi connectivity index (χ4n) is 3.68. The normalized spacial score (nSPS) is 14.3. The van der Waals surface area contributed by atoms with Gasteiger partial charge in [-0.2, -0.15) is 0 Å². The Morgan fingerprint density at radius 3 is 2.31 bits per heavy atom. The molecule has 0 bridgehead atoms. The van der Waals surface area contributed by atoms with Crippen LogP contribution in [-0.4, -0.2) is 34.8 Å². The maximum Gasteiger partial charge on any atom is 0.335 e. The average molecular weight is 597 g/mol. The first kappa shape index (κ1) is 26.9. The number of non-ortho nitro benzene ring substituents is 2. The summed E-state index contributed by atoms with van der Waals surface area (Å²) >= 11 is 3.37. The van der Waals surface area contributed by atoms with Gasteiger partial charge in [0.15, 0.2) is 11.5 Å². The average Bonchev–Trinajstić information content (AvgIpc) is 2.90. The summed E-state index contributed by atoms with van der Waals surface area (Å²) in [6.07, 6.45) is 1.23. The number of carbonyl (C=O) groups excluding carboxylic acids is 3. The number of nitrogens with one attached hydrogen (secondary N) is 1. The van der Waals surface area contributed by atoms with Crippen LogP contribution in [0.2, 0.25) is 0 Å². The number of rotatable bonds is 8. The highest BCUT2D eigenvalue weighted by molar-refractivity contribution is 9.10. The molecule has 0 saturated carbocycles. The Bertz CT molecular complexity index is 1570. The first-order chi connectivity index (χ1) is 18.6. The summed E-state index contributed by atoms with van der Waals surface area (Å²) in [5.74, 6) is -1.45. The SMILES string of the molecule is COc1cc(/C=C2\C(=O)NC(=O)N(c3cccc([N+](=O)[O-])c3)C2=O)cc(Br)c1OCc1cccc([N+](=O)[O-])c1. The van der Waals surface area contributed by atoms with Crippen molar-refractivity contribution in [3.8, 4) is 11.5 Å². The number of amides is 4. The molecule has 0 atom stereocenters. The molecule has 0 spiro atoms. The lowest BCUT2D eigenvalue weighted by molar-refractivity contribution is -0.385. The lowest BCUT2D eigenvalue weighted by Crippen LogP contribution is -2.54. The van der Waals surface area contributed by atoms with E-state index in [1.807, 2.05) is 0 Å².